The van der Waals surface area contributed by atoms with Crippen LogP contribution in [0.2, 0.25) is 0 Å². The fourth-order valence-corrected chi connectivity index (χ4v) is 10.0. The van der Waals surface area contributed by atoms with Crippen molar-refractivity contribution < 1.29 is 9.84 Å². The summed E-state index contributed by atoms with van der Waals surface area (Å²) in [5.74, 6) is 6.43. The number of aliphatic hydroxyl groups is 1. The Morgan fingerprint density at radius 3 is 2.50 bits per heavy atom. The lowest BCUT2D eigenvalue weighted by molar-refractivity contribution is -0.159. The van der Waals surface area contributed by atoms with Crippen LogP contribution in [0, 0.1) is 52.3 Å². The molecule has 4 aliphatic rings. The van der Waals surface area contributed by atoms with Crippen LogP contribution in [0.3, 0.4) is 0 Å². The Morgan fingerprint density at radius 2 is 1.75 bits per heavy atom. The second-order valence-corrected chi connectivity index (χ2v) is 14.4. The minimum absolute atomic E-state index is 0.337. The Balaban J connectivity index is 1.23. The van der Waals surface area contributed by atoms with Gasteiger partial charge in [-0.3, -0.25) is 4.98 Å². The zero-order valence-electron chi connectivity index (χ0n) is 23.7. The third kappa shape index (κ3) is 4.85. The molecule has 1 aromatic heterocycles. The molecule has 4 heteroatoms. The van der Waals surface area contributed by atoms with Crippen molar-refractivity contribution >= 4 is 0 Å². The molecule has 1 N–H and O–H groups in total. The van der Waals surface area contributed by atoms with Crippen molar-refractivity contribution in [3.63, 3.8) is 0 Å². The SMILES string of the molecule is CC(C)CCC[C@@H](C)[C@H]1CCC2C3CC[C@H]4C[C@@](O)(COc5cnccn5)CC[C@]4(C)C3CC[C@@]21C. The largest absolute Gasteiger partial charge is 0.474 e. The Morgan fingerprint density at radius 1 is 0.944 bits per heavy atom. The predicted octanol–water partition coefficient (Wildman–Crippen LogP) is 7.71. The summed E-state index contributed by atoms with van der Waals surface area (Å²) in [6, 6.07) is 0. The Hall–Kier alpha value is -1.16. The smallest absolute Gasteiger partial charge is 0.232 e. The molecule has 5 rings (SSSR count). The molecule has 0 amide bonds. The molecule has 4 saturated carbocycles. The molecular weight excluding hydrogens is 444 g/mol. The van der Waals surface area contributed by atoms with Crippen LogP contribution in [0.15, 0.2) is 18.6 Å². The van der Waals surface area contributed by atoms with Crippen molar-refractivity contribution in [3.05, 3.63) is 18.6 Å². The van der Waals surface area contributed by atoms with E-state index < -0.39 is 5.60 Å². The number of ether oxygens (including phenoxy) is 1. The van der Waals surface area contributed by atoms with Gasteiger partial charge in [-0.1, -0.05) is 53.9 Å². The van der Waals surface area contributed by atoms with Gasteiger partial charge in [-0.05, 0) is 110 Å². The second kappa shape index (κ2) is 10.2. The molecule has 36 heavy (non-hydrogen) atoms. The van der Waals surface area contributed by atoms with E-state index in [0.29, 0.717) is 29.2 Å². The van der Waals surface area contributed by atoms with Crippen LogP contribution in [-0.4, -0.2) is 27.3 Å². The lowest BCUT2D eigenvalue weighted by Crippen LogP contribution is -2.57. The van der Waals surface area contributed by atoms with Gasteiger partial charge >= 0.3 is 0 Å². The highest BCUT2D eigenvalue weighted by molar-refractivity contribution is 5.11. The van der Waals surface area contributed by atoms with E-state index in [-0.39, 0.29) is 0 Å². The minimum Gasteiger partial charge on any atom is -0.474 e. The molecule has 1 aromatic rings. The van der Waals surface area contributed by atoms with E-state index in [1.807, 2.05) is 0 Å². The average molecular weight is 497 g/mol. The third-order valence-corrected chi connectivity index (χ3v) is 12.1. The lowest BCUT2D eigenvalue weighted by Gasteiger charge is -2.62. The molecule has 9 atom stereocenters. The molecule has 3 unspecified atom stereocenters. The molecule has 4 fully saturated rings. The predicted molar refractivity (Wildman–Crippen MR) is 146 cm³/mol. The molecule has 0 aliphatic heterocycles. The van der Waals surface area contributed by atoms with Crippen molar-refractivity contribution in [2.45, 2.75) is 117 Å². The van der Waals surface area contributed by atoms with Crippen molar-refractivity contribution in [1.82, 2.24) is 9.97 Å². The van der Waals surface area contributed by atoms with Crippen LogP contribution in [0.1, 0.15) is 112 Å². The highest BCUT2D eigenvalue weighted by Crippen LogP contribution is 2.69. The van der Waals surface area contributed by atoms with Crippen LogP contribution in [0.4, 0.5) is 0 Å². The summed E-state index contributed by atoms with van der Waals surface area (Å²) in [7, 11) is 0. The molecule has 0 spiro atoms. The summed E-state index contributed by atoms with van der Waals surface area (Å²) in [6.45, 7) is 12.9. The summed E-state index contributed by atoms with van der Waals surface area (Å²) in [6.07, 6.45) is 20.5. The van der Waals surface area contributed by atoms with E-state index in [1.165, 1.54) is 57.8 Å². The van der Waals surface area contributed by atoms with Crippen molar-refractivity contribution in [2.75, 3.05) is 6.61 Å². The number of nitrogens with zero attached hydrogens (tertiary/aromatic N) is 2. The zero-order chi connectivity index (χ0) is 25.6. The van der Waals surface area contributed by atoms with Gasteiger partial charge in [0.1, 0.15) is 6.61 Å². The third-order valence-electron chi connectivity index (χ3n) is 12.1. The maximum absolute atomic E-state index is 11.5. The van der Waals surface area contributed by atoms with Crippen LogP contribution in [0.5, 0.6) is 5.88 Å². The van der Waals surface area contributed by atoms with Gasteiger partial charge in [0.15, 0.2) is 0 Å². The summed E-state index contributed by atoms with van der Waals surface area (Å²) in [5.41, 5.74) is 0.202. The van der Waals surface area contributed by atoms with Crippen LogP contribution >= 0.6 is 0 Å². The summed E-state index contributed by atoms with van der Waals surface area (Å²) >= 11 is 0. The zero-order valence-corrected chi connectivity index (χ0v) is 23.7. The van der Waals surface area contributed by atoms with Gasteiger partial charge in [0.25, 0.3) is 0 Å². The van der Waals surface area contributed by atoms with Crippen LogP contribution < -0.4 is 4.74 Å². The summed E-state index contributed by atoms with van der Waals surface area (Å²) in [5, 5.41) is 11.5. The normalized spacial score (nSPS) is 42.9. The van der Waals surface area contributed by atoms with E-state index in [1.54, 1.807) is 18.6 Å². The first kappa shape index (κ1) is 26.4. The number of hydrogen-bond donors (Lipinski definition) is 1. The van der Waals surface area contributed by atoms with Crippen LogP contribution in [0.25, 0.3) is 0 Å². The van der Waals surface area contributed by atoms with E-state index in [4.69, 9.17) is 4.74 Å². The van der Waals surface area contributed by atoms with E-state index in [2.05, 4.69) is 44.6 Å². The fourth-order valence-electron chi connectivity index (χ4n) is 10.0. The van der Waals surface area contributed by atoms with Gasteiger partial charge in [-0.25, -0.2) is 4.98 Å². The van der Waals surface area contributed by atoms with Gasteiger partial charge in [0.05, 0.1) is 11.8 Å². The maximum atomic E-state index is 11.5. The molecule has 4 aliphatic carbocycles. The topological polar surface area (TPSA) is 55.2 Å². The fraction of sp³-hybridized carbons (Fsp3) is 0.875. The molecule has 0 saturated heterocycles. The lowest BCUT2D eigenvalue weighted by atomic mass is 9.43. The monoisotopic (exact) mass is 496 g/mol. The first-order valence-electron chi connectivity index (χ1n) is 15.3. The second-order valence-electron chi connectivity index (χ2n) is 14.4. The highest BCUT2D eigenvalue weighted by Gasteiger charge is 2.61. The summed E-state index contributed by atoms with van der Waals surface area (Å²) in [4.78, 5) is 8.32. The number of rotatable bonds is 8. The first-order valence-corrected chi connectivity index (χ1v) is 15.3. The molecular formula is C32H52N2O2. The van der Waals surface area contributed by atoms with Crippen molar-refractivity contribution in [3.8, 4) is 5.88 Å². The molecule has 0 bridgehead atoms. The van der Waals surface area contributed by atoms with Gasteiger partial charge in [-0.2, -0.15) is 0 Å². The molecule has 0 aromatic carbocycles. The molecule has 202 valence electrons. The number of fused-ring (bicyclic) bond motifs is 5. The van der Waals surface area contributed by atoms with Gasteiger partial charge in [0, 0.05) is 12.4 Å². The quantitative estimate of drug-likeness (QED) is 0.400. The van der Waals surface area contributed by atoms with Crippen molar-refractivity contribution in [2.24, 2.45) is 52.3 Å². The van der Waals surface area contributed by atoms with Gasteiger partial charge in [-0.15, -0.1) is 0 Å². The van der Waals surface area contributed by atoms with Gasteiger partial charge < -0.3 is 9.84 Å². The summed E-state index contributed by atoms with van der Waals surface area (Å²) < 4.78 is 5.89. The van der Waals surface area contributed by atoms with Crippen molar-refractivity contribution in [1.29, 1.82) is 0 Å². The van der Waals surface area contributed by atoms with E-state index in [0.717, 1.165) is 54.8 Å². The van der Waals surface area contributed by atoms with Gasteiger partial charge in [0.2, 0.25) is 5.88 Å². The Labute approximate surface area is 220 Å². The van der Waals surface area contributed by atoms with Crippen LogP contribution in [-0.2, 0) is 0 Å². The highest BCUT2D eigenvalue weighted by atomic mass is 16.5. The first-order chi connectivity index (χ1) is 17.1. The standard InChI is InChI=1S/C32H52N2O2/c1-22(2)7-6-8-23(3)26-11-12-27-25-10-9-24-19-32(35,21-36-29-20-33-17-18-34-29)16-15-30(24,4)28(25)13-14-31(26,27)5/h17-18,20,22-28,35H,6-16,19,21H2,1-5H3/t23-,24+,25?,26-,27?,28?,30+,31-,32-/m1/s1. The Bertz CT molecular complexity index is 876. The van der Waals surface area contributed by atoms with E-state index >= 15 is 0 Å². The minimum atomic E-state index is -0.735. The Kier molecular flexibility index (Phi) is 7.49. The average Bonchev–Trinajstić information content (AvgIpc) is 3.21. The molecule has 0 radical (unpaired) electrons. The van der Waals surface area contributed by atoms with E-state index in [9.17, 15) is 5.11 Å². The number of hydrogen-bond acceptors (Lipinski definition) is 4. The number of aromatic nitrogens is 2. The maximum Gasteiger partial charge on any atom is 0.232 e. The molecule has 1 heterocycles. The molecule has 4 nitrogen and oxygen atoms in total.